The zero-order valence-corrected chi connectivity index (χ0v) is 25.0. The van der Waals surface area contributed by atoms with E-state index in [-0.39, 0.29) is 0 Å². The van der Waals surface area contributed by atoms with Crippen molar-refractivity contribution in [2.24, 2.45) is 0 Å². The van der Waals surface area contributed by atoms with E-state index in [1.165, 1.54) is 37.6 Å². The Kier molecular flexibility index (Phi) is 19.0. The molecule has 0 aromatic carbocycles. The van der Waals surface area contributed by atoms with Gasteiger partial charge in [0.05, 0.1) is 78.5 Å². The Morgan fingerprint density at radius 1 is 0.382 bits per heavy atom. The van der Waals surface area contributed by atoms with E-state index in [2.05, 4.69) is 98.0 Å². The molecule has 202 valence electrons. The van der Waals surface area contributed by atoms with Crippen LogP contribution in [0.15, 0.2) is 0 Å². The van der Waals surface area contributed by atoms with Gasteiger partial charge in [0.15, 0.2) is 0 Å². The highest BCUT2D eigenvalue weighted by atomic mass is 15.4. The Morgan fingerprint density at radius 3 is 0.794 bits per heavy atom. The van der Waals surface area contributed by atoms with Crippen molar-refractivity contribution >= 4 is 11.9 Å². The fraction of sp³-hybridized carbons (Fsp3) is 0.929. The van der Waals surface area contributed by atoms with Gasteiger partial charge in [0.2, 0.25) is 0 Å². The van der Waals surface area contributed by atoms with E-state index < -0.39 is 0 Å². The lowest BCUT2D eigenvalue weighted by Crippen LogP contribution is -2.50. The van der Waals surface area contributed by atoms with Crippen LogP contribution in [0.25, 0.3) is 0 Å². The zero-order valence-electron chi connectivity index (χ0n) is 25.0. The average Bonchev–Trinajstić information content (AvgIpc) is 2.87. The summed E-state index contributed by atoms with van der Waals surface area (Å²) in [5, 5.41) is 0. The third-order valence-electron chi connectivity index (χ3n) is 7.12. The van der Waals surface area contributed by atoms with E-state index in [1.54, 1.807) is 0 Å². The first kappa shape index (κ1) is 32.5. The van der Waals surface area contributed by atoms with Crippen LogP contribution in [0.4, 0.5) is 0 Å². The summed E-state index contributed by atoms with van der Waals surface area (Å²) in [6.45, 7) is 35.9. The molecule has 0 atom stereocenters. The van der Waals surface area contributed by atoms with Crippen LogP contribution in [0.5, 0.6) is 0 Å². The molecule has 0 aromatic rings. The highest BCUT2D eigenvalue weighted by Crippen LogP contribution is 2.07. The van der Waals surface area contributed by atoms with Gasteiger partial charge in [-0.1, -0.05) is 12.8 Å². The molecule has 6 heteroatoms. The van der Waals surface area contributed by atoms with Gasteiger partial charge in [-0.05, 0) is 82.1 Å². The second-order valence-corrected chi connectivity index (χ2v) is 8.86. The number of rotatable bonds is 17. The molecule has 0 radical (unpaired) electrons. The monoisotopic (exact) mass is 483 g/mol. The molecule has 0 rings (SSSR count). The van der Waals surface area contributed by atoms with Crippen LogP contribution >= 0.6 is 0 Å². The Labute approximate surface area is 214 Å². The van der Waals surface area contributed by atoms with Crippen molar-refractivity contribution in [3.05, 3.63) is 0 Å². The van der Waals surface area contributed by atoms with E-state index in [4.69, 9.17) is 0 Å². The molecule has 0 fully saturated rings. The predicted molar refractivity (Wildman–Crippen MR) is 152 cm³/mol. The number of guanidine groups is 2. The molecule has 0 bridgehead atoms. The summed E-state index contributed by atoms with van der Waals surface area (Å²) >= 11 is 0. The second-order valence-electron chi connectivity index (χ2n) is 8.86. The van der Waals surface area contributed by atoms with Gasteiger partial charge >= 0.3 is 11.9 Å². The Bertz CT molecular complexity index is 477. The van der Waals surface area contributed by atoms with Crippen LogP contribution in [0, 0.1) is 0 Å². The minimum absolute atomic E-state index is 1.07. The number of nitrogens with zero attached hydrogens (tertiary/aromatic N) is 6. The van der Waals surface area contributed by atoms with E-state index in [0.717, 1.165) is 78.5 Å². The normalized spacial score (nSPS) is 10.8. The first-order valence-electron chi connectivity index (χ1n) is 14.7. The van der Waals surface area contributed by atoms with Crippen molar-refractivity contribution < 1.29 is 9.15 Å². The van der Waals surface area contributed by atoms with Crippen molar-refractivity contribution in [3.8, 4) is 0 Å². The molecule has 0 spiro atoms. The molecule has 0 aliphatic rings. The van der Waals surface area contributed by atoms with Crippen LogP contribution < -0.4 is 0 Å². The summed E-state index contributed by atoms with van der Waals surface area (Å²) < 4.78 is 5.23. The molecule has 0 saturated carbocycles. The van der Waals surface area contributed by atoms with Gasteiger partial charge in [-0.2, -0.15) is 0 Å². The van der Waals surface area contributed by atoms with E-state index in [9.17, 15) is 0 Å². The molecule has 34 heavy (non-hydrogen) atoms. The molecule has 0 unspecified atom stereocenters. The van der Waals surface area contributed by atoms with Crippen molar-refractivity contribution in [1.82, 2.24) is 19.6 Å². The van der Waals surface area contributed by atoms with Crippen molar-refractivity contribution in [2.45, 2.75) is 94.9 Å². The topological polar surface area (TPSA) is 19.0 Å². The smallest absolute Gasteiger partial charge is 0.265 e. The molecular weight excluding hydrogens is 420 g/mol. The summed E-state index contributed by atoms with van der Waals surface area (Å²) in [5.41, 5.74) is 0. The lowest BCUT2D eigenvalue weighted by atomic mass is 10.2. The van der Waals surface area contributed by atoms with E-state index in [0.29, 0.717) is 0 Å². The lowest BCUT2D eigenvalue weighted by molar-refractivity contribution is -0.536. The molecule has 0 aliphatic heterocycles. The van der Waals surface area contributed by atoms with Crippen LogP contribution in [0.3, 0.4) is 0 Å². The maximum absolute atomic E-state index is 2.62. The lowest BCUT2D eigenvalue weighted by Gasteiger charge is -2.28. The zero-order chi connectivity index (χ0) is 25.9. The van der Waals surface area contributed by atoms with Gasteiger partial charge in [0.1, 0.15) is 0 Å². The van der Waals surface area contributed by atoms with Crippen LogP contribution in [0.2, 0.25) is 0 Å². The second kappa shape index (κ2) is 19.8. The van der Waals surface area contributed by atoms with Gasteiger partial charge in [-0.3, -0.25) is 28.8 Å². The summed E-state index contributed by atoms with van der Waals surface area (Å²) in [7, 11) is 0. The van der Waals surface area contributed by atoms with Crippen molar-refractivity contribution in [2.75, 3.05) is 78.5 Å². The molecule has 0 aliphatic carbocycles. The number of hydrogen-bond donors (Lipinski definition) is 0. The Hall–Kier alpha value is -1.46. The maximum Gasteiger partial charge on any atom is 0.350 e. The molecule has 0 N–H and O–H groups in total. The first-order valence-corrected chi connectivity index (χ1v) is 14.7. The third-order valence-corrected chi connectivity index (χ3v) is 7.12. The van der Waals surface area contributed by atoms with Crippen LogP contribution in [-0.4, -0.2) is 119 Å². The van der Waals surface area contributed by atoms with E-state index >= 15 is 0 Å². The van der Waals surface area contributed by atoms with Crippen molar-refractivity contribution in [3.63, 3.8) is 0 Å². The molecule has 0 heterocycles. The Morgan fingerprint density at radius 2 is 0.618 bits per heavy atom. The predicted octanol–water partition coefficient (Wildman–Crippen LogP) is 4.69. The number of hydrogen-bond acceptors (Lipinski definition) is 0. The van der Waals surface area contributed by atoms with Gasteiger partial charge < -0.3 is 0 Å². The minimum atomic E-state index is 1.07. The molecule has 0 amide bonds. The summed E-state index contributed by atoms with van der Waals surface area (Å²) in [5.74, 6) is 2.87. The number of unbranched alkanes of at least 4 members (excludes halogenated alkanes) is 3. The fourth-order valence-corrected chi connectivity index (χ4v) is 4.98. The van der Waals surface area contributed by atoms with Gasteiger partial charge in [0, 0.05) is 0 Å². The molecule has 6 nitrogen and oxygen atoms in total. The third kappa shape index (κ3) is 10.0. The van der Waals surface area contributed by atoms with Gasteiger partial charge in [-0.15, -0.1) is 0 Å². The van der Waals surface area contributed by atoms with Gasteiger partial charge in [0.25, 0.3) is 0 Å². The van der Waals surface area contributed by atoms with Gasteiger partial charge in [-0.25, -0.2) is 0 Å². The van der Waals surface area contributed by atoms with Crippen LogP contribution in [-0.2, 0) is 0 Å². The van der Waals surface area contributed by atoms with E-state index in [1.807, 2.05) is 0 Å². The van der Waals surface area contributed by atoms with Crippen molar-refractivity contribution in [1.29, 1.82) is 0 Å². The largest absolute Gasteiger partial charge is 0.350 e. The van der Waals surface area contributed by atoms with Crippen LogP contribution in [0.1, 0.15) is 94.9 Å². The first-order chi connectivity index (χ1) is 16.5. The summed E-state index contributed by atoms with van der Waals surface area (Å²) in [6, 6.07) is 0. The molecule has 0 aromatic heterocycles. The standard InChI is InChI=1S/C28H62N6/c1-11-29(12-2)27(30(13-3)14-4)33(19-9)25-23-21-22-24-26-34(20-10)28(31(15-5)16-6)32(17-7)18-8/h11-26H2,1-10H3/q+2. The summed E-state index contributed by atoms with van der Waals surface area (Å²) in [6.07, 6.45) is 5.16. The Balaban J connectivity index is 5.21. The highest BCUT2D eigenvalue weighted by Gasteiger charge is 2.26. The summed E-state index contributed by atoms with van der Waals surface area (Å²) in [4.78, 5) is 10.1. The fourth-order valence-electron chi connectivity index (χ4n) is 4.98. The molecule has 0 saturated heterocycles. The molecular formula is C28H62N6+2. The minimum Gasteiger partial charge on any atom is -0.265 e. The quantitative estimate of drug-likeness (QED) is 0.130. The highest BCUT2D eigenvalue weighted by molar-refractivity contribution is 5.75. The average molecular weight is 483 g/mol. The maximum atomic E-state index is 2.62. The SMILES string of the molecule is CCN(CC)C(N(CC)CC)=[N+](CC)CCCCCC[N+](CC)=C(N(CC)CC)N(CC)CC.